The Hall–Kier alpha value is -3.08. The van der Waals surface area contributed by atoms with Crippen LogP contribution in [0.3, 0.4) is 0 Å². The number of hydrogen-bond acceptors (Lipinski definition) is 5. The number of carbonyl (C=O) groups excluding carboxylic acids is 2. The maximum Gasteiger partial charge on any atom is 0.264 e. The molecule has 0 heterocycles. The summed E-state index contributed by atoms with van der Waals surface area (Å²) in [6.07, 6.45) is 0. The van der Waals surface area contributed by atoms with Crippen LogP contribution in [0.15, 0.2) is 82.2 Å². The molecule has 3 rings (SSSR count). The summed E-state index contributed by atoms with van der Waals surface area (Å²) in [5.41, 5.74) is 0.529. The van der Waals surface area contributed by atoms with Gasteiger partial charge in [-0.15, -0.1) is 0 Å². The molecule has 3 aromatic rings. The van der Waals surface area contributed by atoms with Crippen molar-refractivity contribution < 1.29 is 22.7 Å². The highest BCUT2D eigenvalue weighted by molar-refractivity contribution is 9.10. The van der Waals surface area contributed by atoms with Gasteiger partial charge in [0.2, 0.25) is 11.8 Å². The van der Waals surface area contributed by atoms with Crippen molar-refractivity contribution in [3.63, 3.8) is 0 Å². The average molecular weight is 665 g/mol. The van der Waals surface area contributed by atoms with Gasteiger partial charge in [0.05, 0.1) is 17.2 Å². The van der Waals surface area contributed by atoms with Crippen molar-refractivity contribution in [2.75, 3.05) is 17.5 Å². The van der Waals surface area contributed by atoms with Crippen LogP contribution < -0.4 is 14.4 Å². The van der Waals surface area contributed by atoms with Crippen molar-refractivity contribution in [2.45, 2.75) is 57.6 Å². The summed E-state index contributed by atoms with van der Waals surface area (Å²) < 4.78 is 35.2. The topological polar surface area (TPSA) is 96.0 Å². The third-order valence-electron chi connectivity index (χ3n) is 6.05. The van der Waals surface area contributed by atoms with E-state index in [2.05, 4.69) is 21.2 Å². The van der Waals surface area contributed by atoms with Gasteiger partial charge in [0, 0.05) is 21.6 Å². The third-order valence-corrected chi connectivity index (χ3v) is 8.62. The summed E-state index contributed by atoms with van der Waals surface area (Å²) in [5, 5.41) is 3.30. The second-order valence-electron chi connectivity index (χ2n) is 10.5. The average Bonchev–Trinajstić information content (AvgIpc) is 2.91. The summed E-state index contributed by atoms with van der Waals surface area (Å²) in [4.78, 5) is 28.5. The first-order valence-electron chi connectivity index (χ1n) is 13.1. The number of sulfonamides is 1. The Bertz CT molecular complexity index is 1440. The van der Waals surface area contributed by atoms with Crippen LogP contribution in [0.2, 0.25) is 5.02 Å². The van der Waals surface area contributed by atoms with Crippen LogP contribution >= 0.6 is 27.5 Å². The Labute approximate surface area is 255 Å². The van der Waals surface area contributed by atoms with Crippen molar-refractivity contribution >= 4 is 55.1 Å². The largest absolute Gasteiger partial charge is 0.494 e. The maximum atomic E-state index is 14.0. The van der Waals surface area contributed by atoms with Gasteiger partial charge in [0.25, 0.3) is 10.0 Å². The first-order chi connectivity index (χ1) is 19.2. The molecule has 0 aliphatic heterocycles. The molecular weight excluding hydrogens is 630 g/mol. The molecule has 0 fully saturated rings. The summed E-state index contributed by atoms with van der Waals surface area (Å²) in [7, 11) is -4.20. The minimum absolute atomic E-state index is 0.0263. The first-order valence-corrected chi connectivity index (χ1v) is 15.7. The summed E-state index contributed by atoms with van der Waals surface area (Å²) >= 11 is 9.42. The molecule has 0 spiro atoms. The minimum atomic E-state index is -4.20. The van der Waals surface area contributed by atoms with E-state index in [9.17, 15) is 18.0 Å². The molecular formula is C30H35BrClN3O5S. The Morgan fingerprint density at radius 1 is 0.976 bits per heavy atom. The molecule has 0 aliphatic carbocycles. The molecule has 0 radical (unpaired) electrons. The molecule has 1 atom stereocenters. The van der Waals surface area contributed by atoms with Crippen molar-refractivity contribution in [3.8, 4) is 5.75 Å². The molecule has 11 heteroatoms. The van der Waals surface area contributed by atoms with Crippen LogP contribution in [-0.4, -0.2) is 49.9 Å². The highest BCUT2D eigenvalue weighted by Crippen LogP contribution is 2.27. The monoisotopic (exact) mass is 663 g/mol. The lowest BCUT2D eigenvalue weighted by atomic mass is 10.1. The number of nitrogens with one attached hydrogen (secondary N) is 1. The van der Waals surface area contributed by atoms with Crippen molar-refractivity contribution in [3.05, 3.63) is 87.9 Å². The Morgan fingerprint density at radius 2 is 1.56 bits per heavy atom. The molecule has 0 bridgehead atoms. The molecule has 2 amide bonds. The van der Waals surface area contributed by atoms with Gasteiger partial charge in [-0.1, -0.05) is 39.7 Å². The Balaban J connectivity index is 2.03. The molecule has 220 valence electrons. The highest BCUT2D eigenvalue weighted by Gasteiger charge is 2.33. The van der Waals surface area contributed by atoms with Gasteiger partial charge in [0.15, 0.2) is 0 Å². The lowest BCUT2D eigenvalue weighted by Crippen LogP contribution is -2.54. The van der Waals surface area contributed by atoms with E-state index >= 15 is 0 Å². The number of rotatable bonds is 11. The molecule has 0 aromatic heterocycles. The fourth-order valence-corrected chi connectivity index (χ4v) is 5.79. The van der Waals surface area contributed by atoms with Crippen molar-refractivity contribution in [1.82, 2.24) is 10.2 Å². The van der Waals surface area contributed by atoms with E-state index in [0.29, 0.717) is 17.4 Å². The number of nitrogens with zero attached hydrogens (tertiary/aromatic N) is 2. The van der Waals surface area contributed by atoms with E-state index in [1.807, 2.05) is 52.0 Å². The van der Waals surface area contributed by atoms with Gasteiger partial charge in [-0.05, 0) is 101 Å². The lowest BCUT2D eigenvalue weighted by molar-refractivity contribution is -0.140. The van der Waals surface area contributed by atoms with E-state index in [1.165, 1.54) is 29.2 Å². The second kappa shape index (κ2) is 13.7. The molecule has 41 heavy (non-hydrogen) atoms. The van der Waals surface area contributed by atoms with E-state index in [4.69, 9.17) is 16.3 Å². The van der Waals surface area contributed by atoms with Gasteiger partial charge in [-0.2, -0.15) is 0 Å². The van der Waals surface area contributed by atoms with Gasteiger partial charge < -0.3 is 15.0 Å². The number of anilines is 1. The number of hydrogen-bond donors (Lipinski definition) is 1. The van der Waals surface area contributed by atoms with Gasteiger partial charge >= 0.3 is 0 Å². The fourth-order valence-electron chi connectivity index (χ4n) is 3.98. The third kappa shape index (κ3) is 8.95. The maximum absolute atomic E-state index is 14.0. The molecule has 1 unspecified atom stereocenters. The van der Waals surface area contributed by atoms with Gasteiger partial charge in [-0.3, -0.25) is 13.9 Å². The molecule has 1 N–H and O–H groups in total. The van der Waals surface area contributed by atoms with E-state index in [1.54, 1.807) is 31.2 Å². The molecule has 3 aromatic carbocycles. The normalized spacial score (nSPS) is 12.4. The standard InChI is InChI=1S/C30H35BrClN3O5S/c1-6-40-26-15-13-25(14-16-26)35(41(38,39)27-17-11-24(32)12-18-27)20-28(36)34(19-22-7-9-23(31)10-8-22)21(2)29(37)33-30(3,4)5/h7-18,21H,6,19-20H2,1-5H3,(H,33,37). The van der Waals surface area contributed by atoms with Crippen LogP contribution in [0.25, 0.3) is 0 Å². The Morgan fingerprint density at radius 3 is 2.10 bits per heavy atom. The van der Waals surface area contributed by atoms with Crippen molar-refractivity contribution in [2.24, 2.45) is 0 Å². The van der Waals surface area contributed by atoms with Crippen LogP contribution in [0.1, 0.15) is 40.2 Å². The van der Waals surface area contributed by atoms with Gasteiger partial charge in [0.1, 0.15) is 18.3 Å². The number of carbonyl (C=O) groups is 2. The van der Waals surface area contributed by atoms with Crippen LogP contribution in [0.5, 0.6) is 5.75 Å². The predicted octanol–water partition coefficient (Wildman–Crippen LogP) is 6.03. The molecule has 0 aliphatic rings. The number of amides is 2. The van der Waals surface area contributed by atoms with Crippen molar-refractivity contribution in [1.29, 1.82) is 0 Å². The highest BCUT2D eigenvalue weighted by atomic mass is 79.9. The van der Waals surface area contributed by atoms with E-state index in [-0.39, 0.29) is 23.0 Å². The lowest BCUT2D eigenvalue weighted by Gasteiger charge is -2.33. The molecule has 0 saturated carbocycles. The smallest absolute Gasteiger partial charge is 0.264 e. The predicted molar refractivity (Wildman–Crippen MR) is 166 cm³/mol. The summed E-state index contributed by atoms with van der Waals surface area (Å²) in [6.45, 7) is 9.05. The fraction of sp³-hybridized carbons (Fsp3) is 0.333. The quantitative estimate of drug-likeness (QED) is 0.270. The van der Waals surface area contributed by atoms with Crippen LogP contribution in [-0.2, 0) is 26.2 Å². The zero-order valence-electron chi connectivity index (χ0n) is 23.7. The summed E-state index contributed by atoms with van der Waals surface area (Å²) in [5.74, 6) is -0.331. The van der Waals surface area contributed by atoms with E-state index < -0.39 is 34.1 Å². The van der Waals surface area contributed by atoms with Crippen LogP contribution in [0.4, 0.5) is 5.69 Å². The summed E-state index contributed by atoms with van der Waals surface area (Å²) in [6, 6.07) is 18.7. The first kappa shape index (κ1) is 32.4. The van der Waals surface area contributed by atoms with Crippen LogP contribution in [0, 0.1) is 0 Å². The number of benzene rings is 3. The number of halogens is 2. The number of ether oxygens (including phenoxy) is 1. The zero-order chi connectivity index (χ0) is 30.4. The molecule has 8 nitrogen and oxygen atoms in total. The zero-order valence-corrected chi connectivity index (χ0v) is 26.9. The second-order valence-corrected chi connectivity index (χ2v) is 13.7. The minimum Gasteiger partial charge on any atom is -0.494 e. The Kier molecular flexibility index (Phi) is 10.9. The van der Waals surface area contributed by atoms with Gasteiger partial charge in [-0.25, -0.2) is 8.42 Å². The van der Waals surface area contributed by atoms with E-state index in [0.717, 1.165) is 14.3 Å². The molecule has 0 saturated heterocycles. The SMILES string of the molecule is CCOc1ccc(N(CC(=O)N(Cc2ccc(Br)cc2)C(C)C(=O)NC(C)(C)C)S(=O)(=O)c2ccc(Cl)cc2)cc1.